The van der Waals surface area contributed by atoms with Crippen molar-refractivity contribution in [2.75, 3.05) is 4.90 Å². The van der Waals surface area contributed by atoms with Crippen LogP contribution in [0.25, 0.3) is 0 Å². The number of ketones is 1. The lowest BCUT2D eigenvalue weighted by atomic mass is 9.69. The van der Waals surface area contributed by atoms with Crippen molar-refractivity contribution >= 4 is 23.1 Å². The first-order valence-corrected chi connectivity index (χ1v) is 9.79. The number of Topliss-reactive ketones (excluding diaryl/α,β-unsaturated/α-hetero) is 1. The maximum atomic E-state index is 13.2. The predicted octanol–water partition coefficient (Wildman–Crippen LogP) is 4.46. The summed E-state index contributed by atoms with van der Waals surface area (Å²) >= 11 is 0. The minimum absolute atomic E-state index is 0.0127. The van der Waals surface area contributed by atoms with E-state index in [0.717, 1.165) is 5.56 Å². The molecule has 0 saturated heterocycles. The van der Waals surface area contributed by atoms with Gasteiger partial charge in [0.05, 0.1) is 4.92 Å². The molecule has 2 aromatic carbocycles. The molecule has 0 radical (unpaired) electrons. The van der Waals surface area contributed by atoms with Gasteiger partial charge in [-0.2, -0.15) is 0 Å². The van der Waals surface area contributed by atoms with E-state index in [1.165, 1.54) is 12.1 Å². The Bertz CT molecular complexity index is 1070. The molecule has 1 atom stereocenters. The van der Waals surface area contributed by atoms with Crippen LogP contribution in [0.1, 0.15) is 44.6 Å². The highest BCUT2D eigenvalue weighted by Gasteiger charge is 2.44. The molecule has 0 fully saturated rings. The van der Waals surface area contributed by atoms with Crippen LogP contribution in [0.3, 0.4) is 0 Å². The number of non-ortho nitro benzene ring substituents is 1. The molecule has 2 aliphatic rings. The number of anilines is 1. The van der Waals surface area contributed by atoms with Crippen molar-refractivity contribution < 1.29 is 19.6 Å². The van der Waals surface area contributed by atoms with E-state index in [2.05, 4.69) is 0 Å². The van der Waals surface area contributed by atoms with E-state index < -0.39 is 4.92 Å². The first kappa shape index (κ1) is 19.8. The van der Waals surface area contributed by atoms with Crippen molar-refractivity contribution in [1.29, 1.82) is 0 Å². The number of phenolic OH excluding ortho intramolecular Hbond substituents is 1. The molecule has 0 bridgehead atoms. The number of hydrogen-bond donors (Lipinski definition) is 1. The van der Waals surface area contributed by atoms with E-state index in [9.17, 15) is 24.8 Å². The molecule has 0 aromatic heterocycles. The predicted molar refractivity (Wildman–Crippen MR) is 111 cm³/mol. The lowest BCUT2D eigenvalue weighted by Gasteiger charge is -2.43. The van der Waals surface area contributed by atoms with Crippen molar-refractivity contribution in [3.05, 3.63) is 75.5 Å². The number of benzene rings is 2. The molecule has 7 heteroatoms. The lowest BCUT2D eigenvalue weighted by molar-refractivity contribution is -0.384. The fourth-order valence-corrected chi connectivity index (χ4v) is 4.43. The van der Waals surface area contributed by atoms with Gasteiger partial charge in [0.2, 0.25) is 5.91 Å². The van der Waals surface area contributed by atoms with Crippen molar-refractivity contribution in [2.45, 2.75) is 39.0 Å². The summed E-state index contributed by atoms with van der Waals surface area (Å²) in [6, 6.07) is 12.4. The molecule has 2 aromatic rings. The first-order chi connectivity index (χ1) is 14.2. The number of aromatic hydroxyl groups is 1. The molecule has 1 aliphatic carbocycles. The van der Waals surface area contributed by atoms with Gasteiger partial charge in [-0.25, -0.2) is 0 Å². The standard InChI is InChI=1S/C23H22N2O5/c1-23(2)12-19-22(20(27)13-23)18(14-3-9-17(26)10-4-14)11-21(28)24(19)15-5-7-16(8-6-15)25(29)30/h3-10,18,26H,11-13H2,1-2H3. The van der Waals surface area contributed by atoms with Gasteiger partial charge in [0.25, 0.3) is 5.69 Å². The van der Waals surface area contributed by atoms with Crippen molar-refractivity contribution in [3.63, 3.8) is 0 Å². The van der Waals surface area contributed by atoms with E-state index in [4.69, 9.17) is 0 Å². The summed E-state index contributed by atoms with van der Waals surface area (Å²) in [6.45, 7) is 3.99. The van der Waals surface area contributed by atoms with Crippen LogP contribution in [0.4, 0.5) is 11.4 Å². The molecule has 1 unspecified atom stereocenters. The minimum atomic E-state index is -0.486. The van der Waals surface area contributed by atoms with Gasteiger partial charge in [0.1, 0.15) is 5.75 Å². The van der Waals surface area contributed by atoms with E-state index in [-0.39, 0.29) is 40.9 Å². The topological polar surface area (TPSA) is 101 Å². The summed E-state index contributed by atoms with van der Waals surface area (Å²) in [5.41, 5.74) is 2.26. The quantitative estimate of drug-likeness (QED) is 0.599. The zero-order valence-electron chi connectivity index (χ0n) is 16.8. The molecule has 30 heavy (non-hydrogen) atoms. The Kier molecular flexibility index (Phi) is 4.68. The van der Waals surface area contributed by atoms with E-state index >= 15 is 0 Å². The van der Waals surface area contributed by atoms with Crippen LogP contribution in [0.2, 0.25) is 0 Å². The number of nitrogens with zero attached hydrogens (tertiary/aromatic N) is 2. The molecule has 1 amide bonds. The zero-order chi connectivity index (χ0) is 21.6. The molecule has 0 spiro atoms. The minimum Gasteiger partial charge on any atom is -0.508 e. The van der Waals surface area contributed by atoms with Crippen LogP contribution in [-0.4, -0.2) is 21.7 Å². The smallest absolute Gasteiger partial charge is 0.269 e. The third-order valence-electron chi connectivity index (χ3n) is 5.76. The summed E-state index contributed by atoms with van der Waals surface area (Å²) in [6.07, 6.45) is 1.06. The highest BCUT2D eigenvalue weighted by molar-refractivity contribution is 6.07. The Hall–Kier alpha value is -3.48. The van der Waals surface area contributed by atoms with Gasteiger partial charge in [-0.05, 0) is 41.7 Å². The second-order valence-electron chi connectivity index (χ2n) is 8.65. The summed E-state index contributed by atoms with van der Waals surface area (Å²) in [7, 11) is 0. The van der Waals surface area contributed by atoms with Gasteiger partial charge in [0, 0.05) is 47.8 Å². The monoisotopic (exact) mass is 406 g/mol. The number of carbonyl (C=O) groups excluding carboxylic acids is 2. The van der Waals surface area contributed by atoms with Crippen LogP contribution in [0.15, 0.2) is 59.8 Å². The third-order valence-corrected chi connectivity index (χ3v) is 5.76. The normalized spacial score (nSPS) is 20.9. The largest absolute Gasteiger partial charge is 0.508 e. The number of amides is 1. The van der Waals surface area contributed by atoms with Gasteiger partial charge in [-0.1, -0.05) is 26.0 Å². The first-order valence-electron chi connectivity index (χ1n) is 9.79. The van der Waals surface area contributed by atoms with Crippen LogP contribution in [0, 0.1) is 15.5 Å². The maximum Gasteiger partial charge on any atom is 0.269 e. The summed E-state index contributed by atoms with van der Waals surface area (Å²) in [5, 5.41) is 20.6. The number of hydrogen-bond acceptors (Lipinski definition) is 5. The van der Waals surface area contributed by atoms with Crippen molar-refractivity contribution in [3.8, 4) is 5.75 Å². The van der Waals surface area contributed by atoms with E-state index in [0.29, 0.717) is 29.8 Å². The number of nitro groups is 1. The third kappa shape index (κ3) is 3.47. The molecule has 0 saturated carbocycles. The number of nitro benzene ring substituents is 1. The molecule has 1 N–H and O–H groups in total. The Morgan fingerprint density at radius 3 is 2.27 bits per heavy atom. The highest BCUT2D eigenvalue weighted by Crippen LogP contribution is 2.48. The summed E-state index contributed by atoms with van der Waals surface area (Å²) in [4.78, 5) is 38.5. The second kappa shape index (κ2) is 7.09. The Morgan fingerprint density at radius 2 is 1.67 bits per heavy atom. The molecule has 154 valence electrons. The summed E-state index contributed by atoms with van der Waals surface area (Å²) in [5.74, 6) is -0.394. The fraction of sp³-hybridized carbons (Fsp3) is 0.304. The second-order valence-corrected chi connectivity index (χ2v) is 8.65. The van der Waals surface area contributed by atoms with Gasteiger partial charge < -0.3 is 5.11 Å². The fourth-order valence-electron chi connectivity index (χ4n) is 4.43. The average Bonchev–Trinajstić information content (AvgIpc) is 2.67. The van der Waals surface area contributed by atoms with Crippen LogP contribution in [-0.2, 0) is 9.59 Å². The molecule has 1 heterocycles. The average molecular weight is 406 g/mol. The Morgan fingerprint density at radius 1 is 1.03 bits per heavy atom. The van der Waals surface area contributed by atoms with Crippen LogP contribution >= 0.6 is 0 Å². The zero-order valence-corrected chi connectivity index (χ0v) is 16.8. The van der Waals surface area contributed by atoms with Crippen molar-refractivity contribution in [2.24, 2.45) is 5.41 Å². The van der Waals surface area contributed by atoms with Gasteiger partial charge in [-0.15, -0.1) is 0 Å². The van der Waals surface area contributed by atoms with Crippen LogP contribution < -0.4 is 4.90 Å². The van der Waals surface area contributed by atoms with Gasteiger partial charge >= 0.3 is 0 Å². The number of phenols is 1. The Labute approximate surface area is 173 Å². The molecular weight excluding hydrogens is 384 g/mol. The Balaban J connectivity index is 1.85. The molecular formula is C23H22N2O5. The lowest BCUT2D eigenvalue weighted by Crippen LogP contribution is -2.43. The SMILES string of the molecule is CC1(C)CC(=O)C2=C(C1)N(c1ccc([N+](=O)[O-])cc1)C(=O)CC2c1ccc(O)cc1. The summed E-state index contributed by atoms with van der Waals surface area (Å²) < 4.78 is 0. The van der Waals surface area contributed by atoms with E-state index in [1.807, 2.05) is 13.8 Å². The molecule has 4 rings (SSSR count). The number of allylic oxidation sites excluding steroid dienone is 2. The highest BCUT2D eigenvalue weighted by atomic mass is 16.6. The molecule has 7 nitrogen and oxygen atoms in total. The number of rotatable bonds is 3. The van der Waals surface area contributed by atoms with Gasteiger partial charge in [0.15, 0.2) is 5.78 Å². The number of carbonyl (C=O) groups is 2. The van der Waals surface area contributed by atoms with E-state index in [1.54, 1.807) is 41.3 Å². The van der Waals surface area contributed by atoms with Crippen molar-refractivity contribution in [1.82, 2.24) is 0 Å². The van der Waals surface area contributed by atoms with Crippen LogP contribution in [0.5, 0.6) is 5.75 Å². The van der Waals surface area contributed by atoms with Gasteiger partial charge in [-0.3, -0.25) is 24.6 Å². The maximum absolute atomic E-state index is 13.2. The molecule has 1 aliphatic heterocycles.